The number of carbonyl (C=O) groups excluding carboxylic acids is 2. The first-order valence-electron chi connectivity index (χ1n) is 10.6. The topological polar surface area (TPSA) is 187 Å². The van der Waals surface area contributed by atoms with Crippen LogP contribution < -0.4 is 20.3 Å². The maximum Gasteiger partial charge on any atom is 0.340 e. The summed E-state index contributed by atoms with van der Waals surface area (Å²) < 4.78 is 29.6. The molecule has 3 rings (SSSR count). The molecule has 1 heterocycles. The van der Waals surface area contributed by atoms with Crippen LogP contribution in [0.15, 0.2) is 47.4 Å². The summed E-state index contributed by atoms with van der Waals surface area (Å²) in [5.74, 6) is -4.75. The molecule has 0 aliphatic carbocycles. The number of amides is 1. The van der Waals surface area contributed by atoms with Crippen LogP contribution in [-0.4, -0.2) is 62.3 Å². The number of aliphatic hydroxyl groups excluding tert-OH is 2. The van der Waals surface area contributed by atoms with Crippen LogP contribution in [0.5, 0.6) is 17.2 Å². The van der Waals surface area contributed by atoms with Crippen molar-refractivity contribution in [3.8, 4) is 17.2 Å². The minimum absolute atomic E-state index is 0.00537. The number of halogens is 3. The summed E-state index contributed by atoms with van der Waals surface area (Å²) in [6.45, 7) is -0.834. The molecule has 2 atom stereocenters. The highest BCUT2D eigenvalue weighted by Gasteiger charge is 2.31. The lowest BCUT2D eigenvalue weighted by molar-refractivity contribution is -0.172. The zero-order valence-corrected chi connectivity index (χ0v) is 21.1. The quantitative estimate of drug-likeness (QED) is 0.255. The van der Waals surface area contributed by atoms with Gasteiger partial charge in [0.1, 0.15) is 11.6 Å². The Kier molecular flexibility index (Phi) is 9.42. The first-order chi connectivity index (χ1) is 18.4. The number of anilines is 1. The number of carboxylic acid groups (broad SMARTS) is 1. The number of rotatable bonds is 10. The van der Waals surface area contributed by atoms with Crippen molar-refractivity contribution in [3.63, 3.8) is 0 Å². The van der Waals surface area contributed by atoms with Crippen molar-refractivity contribution in [3.05, 3.63) is 74.4 Å². The molecule has 0 saturated carbocycles. The van der Waals surface area contributed by atoms with Crippen LogP contribution in [0.3, 0.4) is 0 Å². The number of aliphatic carboxylic acids is 1. The van der Waals surface area contributed by atoms with E-state index in [2.05, 4.69) is 15.2 Å². The largest absolute Gasteiger partial charge is 0.493 e. The Hall–Kier alpha value is -4.24. The first-order valence-corrected chi connectivity index (χ1v) is 11.3. The van der Waals surface area contributed by atoms with Crippen molar-refractivity contribution in [2.24, 2.45) is 0 Å². The predicted octanol–water partition coefficient (Wildman–Crippen LogP) is 2.05. The van der Waals surface area contributed by atoms with Gasteiger partial charge in [0.15, 0.2) is 30.4 Å². The Labute approximate surface area is 227 Å². The Morgan fingerprint density at radius 1 is 1.05 bits per heavy atom. The number of aromatic nitrogens is 2. The summed E-state index contributed by atoms with van der Waals surface area (Å²) in [4.78, 5) is 47.6. The molecule has 0 radical (unpaired) electrons. The van der Waals surface area contributed by atoms with Crippen molar-refractivity contribution in [2.45, 2.75) is 18.9 Å². The van der Waals surface area contributed by atoms with Crippen LogP contribution in [0.1, 0.15) is 10.4 Å². The van der Waals surface area contributed by atoms with Crippen LogP contribution >= 0.6 is 23.2 Å². The van der Waals surface area contributed by atoms with E-state index in [4.69, 9.17) is 37.8 Å². The Morgan fingerprint density at radius 3 is 2.38 bits per heavy atom. The third-order valence-corrected chi connectivity index (χ3v) is 5.58. The molecule has 16 heteroatoms. The minimum atomic E-state index is -2.43. The lowest BCUT2D eigenvalue weighted by Gasteiger charge is -2.15. The minimum Gasteiger partial charge on any atom is -0.493 e. The average Bonchev–Trinajstić information content (AvgIpc) is 2.89. The van der Waals surface area contributed by atoms with Crippen molar-refractivity contribution in [1.29, 1.82) is 0 Å². The number of benzene rings is 2. The van der Waals surface area contributed by atoms with Crippen LogP contribution in [-0.2, 0) is 21.1 Å². The first kappa shape index (κ1) is 29.3. The van der Waals surface area contributed by atoms with E-state index in [0.29, 0.717) is 4.68 Å². The molecule has 0 spiro atoms. The zero-order chi connectivity index (χ0) is 28.9. The van der Waals surface area contributed by atoms with E-state index in [1.807, 2.05) is 0 Å². The van der Waals surface area contributed by atoms with E-state index in [1.54, 1.807) is 0 Å². The third-order valence-electron chi connectivity index (χ3n) is 4.86. The fourth-order valence-electron chi connectivity index (χ4n) is 2.91. The second-order valence-electron chi connectivity index (χ2n) is 7.52. The SMILES string of the molecule is COc1cc(F)ccc1Oc1cc(Cl)c(Cl)cc1C(=O)Nc1cnn(COC(=O)C(O)C(O)C(=O)O)c(=O)c1. The maximum atomic E-state index is 13.5. The number of methoxy groups -OCH3 is 1. The van der Waals surface area contributed by atoms with E-state index in [1.165, 1.54) is 25.3 Å². The van der Waals surface area contributed by atoms with E-state index in [0.717, 1.165) is 24.4 Å². The summed E-state index contributed by atoms with van der Waals surface area (Å²) >= 11 is 12.1. The molecule has 0 aliphatic heterocycles. The number of ether oxygens (including phenoxy) is 3. The number of carbonyl (C=O) groups is 3. The van der Waals surface area contributed by atoms with Gasteiger partial charge in [-0.05, 0) is 18.2 Å². The highest BCUT2D eigenvalue weighted by molar-refractivity contribution is 6.42. The Balaban J connectivity index is 1.78. The molecular formula is C23H18Cl2FN3O10. The lowest BCUT2D eigenvalue weighted by Crippen LogP contribution is -2.41. The molecule has 0 aliphatic rings. The van der Waals surface area contributed by atoms with E-state index >= 15 is 0 Å². The zero-order valence-electron chi connectivity index (χ0n) is 19.6. The van der Waals surface area contributed by atoms with E-state index in [-0.39, 0.29) is 38.5 Å². The fourth-order valence-corrected chi connectivity index (χ4v) is 3.22. The molecule has 3 aromatic rings. The molecule has 0 saturated heterocycles. The van der Waals surface area contributed by atoms with Gasteiger partial charge in [-0.2, -0.15) is 9.78 Å². The van der Waals surface area contributed by atoms with Gasteiger partial charge in [0.05, 0.1) is 34.6 Å². The van der Waals surface area contributed by atoms with E-state index < -0.39 is 48.2 Å². The van der Waals surface area contributed by atoms with Crippen molar-refractivity contribution in [2.75, 3.05) is 12.4 Å². The van der Waals surface area contributed by atoms with Gasteiger partial charge in [-0.15, -0.1) is 0 Å². The molecule has 0 fully saturated rings. The Bertz CT molecular complexity index is 1480. The smallest absolute Gasteiger partial charge is 0.340 e. The molecule has 13 nitrogen and oxygen atoms in total. The van der Waals surface area contributed by atoms with Gasteiger partial charge in [0.25, 0.3) is 11.5 Å². The molecular weight excluding hydrogens is 568 g/mol. The number of hydrogen-bond donors (Lipinski definition) is 4. The maximum absolute atomic E-state index is 13.5. The number of nitrogens with zero attached hydrogens (tertiary/aromatic N) is 2. The fraction of sp³-hybridized carbons (Fsp3) is 0.174. The molecule has 1 amide bonds. The number of carboxylic acids is 1. The van der Waals surface area contributed by atoms with Gasteiger partial charge >= 0.3 is 11.9 Å². The number of aliphatic hydroxyl groups is 2. The standard InChI is InChI=1S/C23H18Cl2FN3O10/c1-37-17-4-10(26)2-3-15(17)39-16-7-14(25)13(24)6-12(16)21(33)28-11-5-18(30)29(27-8-11)9-38-23(36)20(32)19(31)22(34)35/h2-8,19-20,31-32H,9H2,1H3,(H,28,33)(H,34,35). The predicted molar refractivity (Wildman–Crippen MR) is 132 cm³/mol. The molecule has 2 aromatic carbocycles. The Morgan fingerprint density at radius 2 is 1.74 bits per heavy atom. The third kappa shape index (κ3) is 7.20. The molecule has 1 aromatic heterocycles. The number of nitrogens with one attached hydrogen (secondary N) is 1. The normalized spacial score (nSPS) is 12.3. The molecule has 39 heavy (non-hydrogen) atoms. The molecule has 2 unspecified atom stereocenters. The van der Waals surface area contributed by atoms with Gasteiger partial charge in [-0.3, -0.25) is 9.59 Å². The number of hydrogen-bond acceptors (Lipinski definition) is 10. The lowest BCUT2D eigenvalue weighted by atomic mass is 10.1. The highest BCUT2D eigenvalue weighted by atomic mass is 35.5. The van der Waals surface area contributed by atoms with Crippen molar-refractivity contribution < 1.29 is 48.3 Å². The molecule has 4 N–H and O–H groups in total. The summed E-state index contributed by atoms with van der Waals surface area (Å²) in [5, 5.41) is 33.4. The van der Waals surface area contributed by atoms with Crippen LogP contribution in [0, 0.1) is 5.82 Å². The second kappa shape index (κ2) is 12.5. The van der Waals surface area contributed by atoms with Gasteiger partial charge in [0.2, 0.25) is 0 Å². The molecule has 0 bridgehead atoms. The van der Waals surface area contributed by atoms with Gasteiger partial charge in [-0.25, -0.2) is 14.0 Å². The summed E-state index contributed by atoms with van der Waals surface area (Å²) in [6, 6.07) is 6.83. The monoisotopic (exact) mass is 585 g/mol. The van der Waals surface area contributed by atoms with Gasteiger partial charge in [0, 0.05) is 18.2 Å². The summed E-state index contributed by atoms with van der Waals surface area (Å²) in [6.07, 6.45) is -3.80. The van der Waals surface area contributed by atoms with E-state index in [9.17, 15) is 33.8 Å². The van der Waals surface area contributed by atoms with Crippen LogP contribution in [0.25, 0.3) is 0 Å². The van der Waals surface area contributed by atoms with Crippen molar-refractivity contribution >= 4 is 46.7 Å². The van der Waals surface area contributed by atoms with Crippen LogP contribution in [0.2, 0.25) is 10.0 Å². The van der Waals surface area contributed by atoms with Gasteiger partial charge in [-0.1, -0.05) is 23.2 Å². The average molecular weight is 586 g/mol. The van der Waals surface area contributed by atoms with Crippen molar-refractivity contribution in [1.82, 2.24) is 9.78 Å². The molecule has 206 valence electrons. The second-order valence-corrected chi connectivity index (χ2v) is 8.33. The van der Waals surface area contributed by atoms with Gasteiger partial charge < -0.3 is 34.8 Å². The number of esters is 1. The summed E-state index contributed by atoms with van der Waals surface area (Å²) in [5.41, 5.74) is -1.08. The summed E-state index contributed by atoms with van der Waals surface area (Å²) in [7, 11) is 1.29. The van der Waals surface area contributed by atoms with Crippen LogP contribution in [0.4, 0.5) is 10.1 Å². The highest BCUT2D eigenvalue weighted by Crippen LogP contribution is 2.37.